The number of hydrogen-bond donors (Lipinski definition) is 1. The summed E-state index contributed by atoms with van der Waals surface area (Å²) in [7, 11) is -3.89. The van der Waals surface area contributed by atoms with E-state index >= 15 is 0 Å². The van der Waals surface area contributed by atoms with E-state index in [9.17, 15) is 17.6 Å². The Kier molecular flexibility index (Phi) is 5.92. The molecule has 1 aliphatic rings. The molecule has 0 radical (unpaired) electrons. The van der Waals surface area contributed by atoms with Gasteiger partial charge in [-0.1, -0.05) is 26.0 Å². The molecule has 1 amide bonds. The first kappa shape index (κ1) is 19.9. The van der Waals surface area contributed by atoms with Gasteiger partial charge in [-0.3, -0.25) is 4.79 Å². The third kappa shape index (κ3) is 4.36. The summed E-state index contributed by atoms with van der Waals surface area (Å²) in [6.07, 6.45) is 0.782. The van der Waals surface area contributed by atoms with Gasteiger partial charge in [0.1, 0.15) is 10.7 Å². The van der Waals surface area contributed by atoms with Crippen molar-refractivity contribution < 1.29 is 17.6 Å². The molecule has 2 aromatic rings. The number of piperidine rings is 1. The molecular formula is C18H22FN3O3S2. The highest BCUT2D eigenvalue weighted by atomic mass is 32.2. The number of carbonyl (C=O) groups is 1. The number of benzene rings is 1. The molecule has 0 saturated carbocycles. The fourth-order valence-corrected chi connectivity index (χ4v) is 5.38. The number of nitrogens with one attached hydrogen (secondary N) is 1. The van der Waals surface area contributed by atoms with E-state index < -0.39 is 15.8 Å². The summed E-state index contributed by atoms with van der Waals surface area (Å²) >= 11 is 1.38. The molecule has 9 heteroatoms. The smallest absolute Gasteiger partial charge is 0.245 e. The lowest BCUT2D eigenvalue weighted by atomic mass is 9.97. The number of amides is 1. The van der Waals surface area contributed by atoms with E-state index in [0.717, 1.165) is 11.8 Å². The normalized spacial score (nSPS) is 16.6. The summed E-state index contributed by atoms with van der Waals surface area (Å²) in [6.45, 7) is 4.44. The maximum Gasteiger partial charge on any atom is 0.245 e. The number of sulfonamides is 1. The van der Waals surface area contributed by atoms with Gasteiger partial charge in [-0.05, 0) is 30.9 Å². The zero-order chi connectivity index (χ0) is 19.6. The Morgan fingerprint density at radius 2 is 1.96 bits per heavy atom. The SMILES string of the molecule is CC(C)c1csc(NC(=O)C2CCN(S(=O)(=O)c3ccccc3F)CC2)n1. The fourth-order valence-electron chi connectivity index (χ4n) is 2.97. The van der Waals surface area contributed by atoms with Gasteiger partial charge in [-0.25, -0.2) is 17.8 Å². The topological polar surface area (TPSA) is 79.4 Å². The van der Waals surface area contributed by atoms with Crippen LogP contribution in [0.15, 0.2) is 34.5 Å². The molecule has 0 unspecified atom stereocenters. The summed E-state index contributed by atoms with van der Waals surface area (Å²) in [4.78, 5) is 16.5. The lowest BCUT2D eigenvalue weighted by Crippen LogP contribution is -2.41. The third-order valence-corrected chi connectivity index (χ3v) is 7.33. The molecule has 27 heavy (non-hydrogen) atoms. The maximum atomic E-state index is 13.9. The van der Waals surface area contributed by atoms with E-state index in [2.05, 4.69) is 10.3 Å². The second-order valence-electron chi connectivity index (χ2n) is 6.83. The molecule has 1 aromatic heterocycles. The number of carbonyl (C=O) groups excluding carboxylic acids is 1. The molecular weight excluding hydrogens is 389 g/mol. The highest BCUT2D eigenvalue weighted by molar-refractivity contribution is 7.89. The van der Waals surface area contributed by atoms with Crippen LogP contribution in [-0.2, 0) is 14.8 Å². The molecule has 0 spiro atoms. The Labute approximate surface area is 162 Å². The fraction of sp³-hybridized carbons (Fsp3) is 0.444. The first-order chi connectivity index (χ1) is 12.8. The van der Waals surface area contributed by atoms with Crippen LogP contribution in [0.1, 0.15) is 38.3 Å². The van der Waals surface area contributed by atoms with E-state index in [1.165, 1.54) is 33.8 Å². The van der Waals surface area contributed by atoms with E-state index in [0.29, 0.717) is 23.9 Å². The van der Waals surface area contributed by atoms with Crippen LogP contribution in [0.3, 0.4) is 0 Å². The number of rotatable bonds is 5. The molecule has 1 N–H and O–H groups in total. The van der Waals surface area contributed by atoms with Crippen molar-refractivity contribution in [3.05, 3.63) is 41.2 Å². The predicted octanol–water partition coefficient (Wildman–Crippen LogP) is 3.45. The minimum absolute atomic E-state index is 0.150. The standard InChI is InChI=1S/C18H22FN3O3S2/c1-12(2)15-11-26-18(20-15)21-17(23)13-7-9-22(10-8-13)27(24,25)16-6-4-3-5-14(16)19/h3-6,11-13H,7-10H2,1-2H3,(H,20,21,23). The summed E-state index contributed by atoms with van der Waals surface area (Å²) in [5.41, 5.74) is 0.932. The first-order valence-corrected chi connectivity index (χ1v) is 11.1. The second-order valence-corrected chi connectivity index (χ2v) is 9.59. The van der Waals surface area contributed by atoms with Crippen molar-refractivity contribution in [1.82, 2.24) is 9.29 Å². The van der Waals surface area contributed by atoms with E-state index in [1.54, 1.807) is 0 Å². The highest BCUT2D eigenvalue weighted by Gasteiger charge is 2.33. The molecule has 146 valence electrons. The zero-order valence-corrected chi connectivity index (χ0v) is 16.8. The quantitative estimate of drug-likeness (QED) is 0.817. The highest BCUT2D eigenvalue weighted by Crippen LogP contribution is 2.27. The van der Waals surface area contributed by atoms with Crippen LogP contribution in [0.4, 0.5) is 9.52 Å². The third-order valence-electron chi connectivity index (χ3n) is 4.62. The molecule has 0 atom stereocenters. The van der Waals surface area contributed by atoms with E-state index in [1.807, 2.05) is 19.2 Å². The monoisotopic (exact) mass is 411 g/mol. The summed E-state index contributed by atoms with van der Waals surface area (Å²) < 4.78 is 40.4. The van der Waals surface area contributed by atoms with Crippen molar-refractivity contribution in [2.75, 3.05) is 18.4 Å². The molecule has 1 aliphatic heterocycles. The number of aromatic nitrogens is 1. The Morgan fingerprint density at radius 1 is 1.30 bits per heavy atom. The van der Waals surface area contributed by atoms with Gasteiger partial charge in [0.25, 0.3) is 0 Å². The van der Waals surface area contributed by atoms with E-state index in [-0.39, 0.29) is 29.8 Å². The number of halogens is 1. The molecule has 2 heterocycles. The maximum absolute atomic E-state index is 13.9. The largest absolute Gasteiger partial charge is 0.302 e. The van der Waals surface area contributed by atoms with Crippen molar-refractivity contribution in [2.45, 2.75) is 37.5 Å². The molecule has 1 aromatic carbocycles. The molecule has 1 saturated heterocycles. The Morgan fingerprint density at radius 3 is 2.56 bits per heavy atom. The van der Waals surface area contributed by atoms with Crippen LogP contribution in [0.5, 0.6) is 0 Å². The van der Waals surface area contributed by atoms with Gasteiger partial charge >= 0.3 is 0 Å². The lowest BCUT2D eigenvalue weighted by Gasteiger charge is -2.30. The van der Waals surface area contributed by atoms with Crippen LogP contribution in [0, 0.1) is 11.7 Å². The molecule has 0 bridgehead atoms. The number of thiazole rings is 1. The van der Waals surface area contributed by atoms with Gasteiger partial charge in [0.2, 0.25) is 15.9 Å². The lowest BCUT2D eigenvalue weighted by molar-refractivity contribution is -0.120. The average Bonchev–Trinajstić information content (AvgIpc) is 3.11. The number of nitrogens with zero attached hydrogens (tertiary/aromatic N) is 2. The first-order valence-electron chi connectivity index (χ1n) is 8.80. The zero-order valence-electron chi connectivity index (χ0n) is 15.2. The summed E-state index contributed by atoms with van der Waals surface area (Å²) in [5, 5.41) is 5.30. The van der Waals surface area contributed by atoms with Gasteiger partial charge in [-0.15, -0.1) is 11.3 Å². The Bertz CT molecular complexity index is 919. The van der Waals surface area contributed by atoms with Crippen LogP contribution in [0.2, 0.25) is 0 Å². The summed E-state index contributed by atoms with van der Waals surface area (Å²) in [5.74, 6) is -0.910. The van der Waals surface area contributed by atoms with Gasteiger partial charge in [-0.2, -0.15) is 4.31 Å². The van der Waals surface area contributed by atoms with Crippen molar-refractivity contribution in [2.24, 2.45) is 5.92 Å². The Balaban J connectivity index is 1.61. The average molecular weight is 412 g/mol. The number of anilines is 1. The minimum Gasteiger partial charge on any atom is -0.302 e. The van der Waals surface area contributed by atoms with Gasteiger partial charge in [0.15, 0.2) is 5.13 Å². The van der Waals surface area contributed by atoms with Gasteiger partial charge in [0, 0.05) is 24.4 Å². The molecule has 3 rings (SSSR count). The minimum atomic E-state index is -3.89. The van der Waals surface area contributed by atoms with E-state index in [4.69, 9.17) is 0 Å². The van der Waals surface area contributed by atoms with Crippen LogP contribution < -0.4 is 5.32 Å². The van der Waals surface area contributed by atoms with Crippen LogP contribution in [-0.4, -0.2) is 36.7 Å². The summed E-state index contributed by atoms with van der Waals surface area (Å²) in [6, 6.07) is 5.34. The van der Waals surface area contributed by atoms with Crippen LogP contribution >= 0.6 is 11.3 Å². The molecule has 1 fully saturated rings. The second kappa shape index (κ2) is 8.04. The van der Waals surface area contributed by atoms with Crippen molar-refractivity contribution in [1.29, 1.82) is 0 Å². The number of hydrogen-bond acceptors (Lipinski definition) is 5. The van der Waals surface area contributed by atoms with Crippen molar-refractivity contribution in [3.8, 4) is 0 Å². The van der Waals surface area contributed by atoms with Gasteiger partial charge < -0.3 is 5.32 Å². The Hall–Kier alpha value is -1.84. The predicted molar refractivity (Wildman–Crippen MR) is 103 cm³/mol. The van der Waals surface area contributed by atoms with Gasteiger partial charge in [0.05, 0.1) is 5.69 Å². The molecule has 0 aliphatic carbocycles. The van der Waals surface area contributed by atoms with Crippen molar-refractivity contribution >= 4 is 32.4 Å². The van der Waals surface area contributed by atoms with Crippen LogP contribution in [0.25, 0.3) is 0 Å². The molecule has 6 nitrogen and oxygen atoms in total. The van der Waals surface area contributed by atoms with Crippen molar-refractivity contribution in [3.63, 3.8) is 0 Å².